The van der Waals surface area contributed by atoms with Gasteiger partial charge in [0.2, 0.25) is 5.95 Å². The van der Waals surface area contributed by atoms with E-state index in [1.54, 1.807) is 23.9 Å². The number of hydrogen-bond donors (Lipinski definition) is 4. The molecular formula is C12H13N5OS. The van der Waals surface area contributed by atoms with Gasteiger partial charge in [-0.05, 0) is 17.7 Å². The van der Waals surface area contributed by atoms with Crippen molar-refractivity contribution in [2.24, 2.45) is 0 Å². The zero-order valence-electron chi connectivity index (χ0n) is 10.00. The molecule has 1 aromatic carbocycles. The average Bonchev–Trinajstić information content (AvgIpc) is 2.38. The third-order valence-electron chi connectivity index (χ3n) is 2.90. The normalized spacial score (nSPS) is 17.6. The zero-order valence-corrected chi connectivity index (χ0v) is 10.8. The Kier molecular flexibility index (Phi) is 2.83. The largest absolute Gasteiger partial charge is 0.508 e. The number of nitrogens with zero attached hydrogens (tertiary/aromatic N) is 2. The van der Waals surface area contributed by atoms with Crippen molar-refractivity contribution in [2.75, 3.05) is 22.5 Å². The van der Waals surface area contributed by atoms with Gasteiger partial charge in [0.25, 0.3) is 0 Å². The van der Waals surface area contributed by atoms with Crippen LogP contribution < -0.4 is 16.8 Å². The first-order valence-corrected chi connectivity index (χ1v) is 6.73. The highest BCUT2D eigenvalue weighted by atomic mass is 32.2. The van der Waals surface area contributed by atoms with E-state index in [-0.39, 0.29) is 17.7 Å². The van der Waals surface area contributed by atoms with E-state index in [0.29, 0.717) is 11.5 Å². The Bertz CT molecular complexity index is 634. The summed E-state index contributed by atoms with van der Waals surface area (Å²) in [7, 11) is 0. The summed E-state index contributed by atoms with van der Waals surface area (Å²) in [6.45, 7) is 0. The topological polar surface area (TPSA) is 110 Å². The van der Waals surface area contributed by atoms with Gasteiger partial charge in [0.05, 0.1) is 6.04 Å². The molecular weight excluding hydrogens is 262 g/mol. The number of phenols is 1. The molecule has 0 amide bonds. The highest BCUT2D eigenvalue weighted by Gasteiger charge is 2.24. The number of aromatic nitrogens is 2. The number of hydrogen-bond acceptors (Lipinski definition) is 7. The lowest BCUT2D eigenvalue weighted by atomic mass is 10.1. The summed E-state index contributed by atoms with van der Waals surface area (Å²) in [5.41, 5.74) is 13.1. The lowest BCUT2D eigenvalue weighted by Gasteiger charge is -2.26. The SMILES string of the molecule is Nc1nc(N)c2c(n1)SCC(c1cccc(O)c1)N2. The monoisotopic (exact) mass is 275 g/mol. The summed E-state index contributed by atoms with van der Waals surface area (Å²) < 4.78 is 0. The molecule has 1 aliphatic heterocycles. The van der Waals surface area contributed by atoms with Crippen LogP contribution in [0, 0.1) is 0 Å². The summed E-state index contributed by atoms with van der Waals surface area (Å²) in [6, 6.07) is 7.20. The Hall–Kier alpha value is -2.15. The molecule has 1 aromatic heterocycles. The Morgan fingerprint density at radius 2 is 2.16 bits per heavy atom. The lowest BCUT2D eigenvalue weighted by Crippen LogP contribution is -2.20. The molecule has 3 rings (SSSR count). The second kappa shape index (κ2) is 4.51. The Labute approximate surface area is 114 Å². The number of nitrogen functional groups attached to an aromatic ring is 2. The van der Waals surface area contributed by atoms with Gasteiger partial charge in [-0.15, -0.1) is 11.8 Å². The number of anilines is 3. The van der Waals surface area contributed by atoms with Crippen molar-refractivity contribution in [2.45, 2.75) is 11.1 Å². The third-order valence-corrected chi connectivity index (χ3v) is 3.97. The molecule has 6 nitrogen and oxygen atoms in total. The van der Waals surface area contributed by atoms with E-state index >= 15 is 0 Å². The van der Waals surface area contributed by atoms with Gasteiger partial charge in [0, 0.05) is 5.75 Å². The van der Waals surface area contributed by atoms with E-state index in [1.807, 2.05) is 12.1 Å². The number of nitrogens with two attached hydrogens (primary N) is 2. The van der Waals surface area contributed by atoms with Crippen LogP contribution in [0.3, 0.4) is 0 Å². The summed E-state index contributed by atoms with van der Waals surface area (Å²) in [4.78, 5) is 8.11. The van der Waals surface area contributed by atoms with Gasteiger partial charge in [0.1, 0.15) is 16.5 Å². The molecule has 2 heterocycles. The van der Waals surface area contributed by atoms with Crippen LogP contribution in [0.4, 0.5) is 17.5 Å². The molecule has 0 aliphatic carbocycles. The molecule has 0 spiro atoms. The fraction of sp³-hybridized carbons (Fsp3) is 0.167. The van der Waals surface area contributed by atoms with Crippen LogP contribution in [0.25, 0.3) is 0 Å². The van der Waals surface area contributed by atoms with Gasteiger partial charge in [-0.2, -0.15) is 4.98 Å². The fourth-order valence-electron chi connectivity index (χ4n) is 2.01. The zero-order chi connectivity index (χ0) is 13.4. The molecule has 0 fully saturated rings. The second-order valence-electron chi connectivity index (χ2n) is 4.25. The van der Waals surface area contributed by atoms with E-state index in [1.165, 1.54) is 0 Å². The van der Waals surface area contributed by atoms with Gasteiger partial charge >= 0.3 is 0 Å². The van der Waals surface area contributed by atoms with Crippen LogP contribution in [0.5, 0.6) is 5.75 Å². The van der Waals surface area contributed by atoms with Gasteiger partial charge in [-0.3, -0.25) is 0 Å². The minimum atomic E-state index is 0.0547. The van der Waals surface area contributed by atoms with E-state index in [0.717, 1.165) is 16.3 Å². The molecule has 1 aliphatic rings. The van der Waals surface area contributed by atoms with Crippen LogP contribution in [-0.4, -0.2) is 20.8 Å². The molecule has 2 aromatic rings. The number of benzene rings is 1. The molecule has 7 heteroatoms. The number of fused-ring (bicyclic) bond motifs is 1. The number of phenolic OH excluding ortho intramolecular Hbond substituents is 1. The first-order valence-electron chi connectivity index (χ1n) is 5.75. The minimum Gasteiger partial charge on any atom is -0.508 e. The lowest BCUT2D eigenvalue weighted by molar-refractivity contribution is 0.474. The quantitative estimate of drug-likeness (QED) is 0.585. The second-order valence-corrected chi connectivity index (χ2v) is 5.26. The molecule has 1 unspecified atom stereocenters. The average molecular weight is 275 g/mol. The van der Waals surface area contributed by atoms with Crippen molar-refractivity contribution in [1.82, 2.24) is 9.97 Å². The molecule has 6 N–H and O–H groups in total. The van der Waals surface area contributed by atoms with Crippen LogP contribution in [-0.2, 0) is 0 Å². The molecule has 0 saturated heterocycles. The van der Waals surface area contributed by atoms with Gasteiger partial charge in [-0.1, -0.05) is 12.1 Å². The van der Waals surface area contributed by atoms with Crippen molar-refractivity contribution in [3.8, 4) is 5.75 Å². The Morgan fingerprint density at radius 1 is 1.32 bits per heavy atom. The standard InChI is InChI=1S/C12H13N5OS/c13-10-9-11(17-12(14)16-10)19-5-8(15-9)6-2-1-3-7(18)4-6/h1-4,8,15,18H,5H2,(H4,13,14,16,17). The smallest absolute Gasteiger partial charge is 0.223 e. The maximum atomic E-state index is 9.53. The number of thioether (sulfide) groups is 1. The van der Waals surface area contributed by atoms with E-state index in [4.69, 9.17) is 11.5 Å². The summed E-state index contributed by atoms with van der Waals surface area (Å²) in [5.74, 6) is 1.56. The molecule has 0 radical (unpaired) electrons. The Balaban J connectivity index is 1.94. The van der Waals surface area contributed by atoms with Crippen molar-refractivity contribution in [1.29, 1.82) is 0 Å². The Morgan fingerprint density at radius 3 is 2.95 bits per heavy atom. The third kappa shape index (κ3) is 2.24. The van der Waals surface area contributed by atoms with E-state index < -0.39 is 0 Å². The maximum Gasteiger partial charge on any atom is 0.223 e. The summed E-state index contributed by atoms with van der Waals surface area (Å²) in [6.07, 6.45) is 0. The first-order chi connectivity index (χ1) is 9.13. The van der Waals surface area contributed by atoms with Crippen molar-refractivity contribution >= 4 is 29.2 Å². The highest BCUT2D eigenvalue weighted by molar-refractivity contribution is 7.99. The van der Waals surface area contributed by atoms with Gasteiger partial charge < -0.3 is 21.9 Å². The molecule has 98 valence electrons. The number of aromatic hydroxyl groups is 1. The summed E-state index contributed by atoms with van der Waals surface area (Å²) in [5, 5.41) is 13.6. The first kappa shape index (κ1) is 11.9. The van der Waals surface area contributed by atoms with Crippen molar-refractivity contribution in [3.63, 3.8) is 0 Å². The number of rotatable bonds is 1. The minimum absolute atomic E-state index is 0.0547. The molecule has 19 heavy (non-hydrogen) atoms. The van der Waals surface area contributed by atoms with Gasteiger partial charge in [0.15, 0.2) is 5.82 Å². The van der Waals surface area contributed by atoms with Crippen LogP contribution >= 0.6 is 11.8 Å². The van der Waals surface area contributed by atoms with Crippen LogP contribution in [0.15, 0.2) is 29.3 Å². The summed E-state index contributed by atoms with van der Waals surface area (Å²) >= 11 is 1.57. The molecule has 0 bridgehead atoms. The van der Waals surface area contributed by atoms with Crippen molar-refractivity contribution in [3.05, 3.63) is 29.8 Å². The predicted molar refractivity (Wildman–Crippen MR) is 76.1 cm³/mol. The van der Waals surface area contributed by atoms with Crippen LogP contribution in [0.1, 0.15) is 11.6 Å². The predicted octanol–water partition coefficient (Wildman–Crippen LogP) is 1.61. The fourth-order valence-corrected chi connectivity index (χ4v) is 3.08. The number of nitrogens with one attached hydrogen (secondary N) is 1. The molecule has 0 saturated carbocycles. The molecule has 1 atom stereocenters. The van der Waals surface area contributed by atoms with Crippen LogP contribution in [0.2, 0.25) is 0 Å². The maximum absolute atomic E-state index is 9.53. The van der Waals surface area contributed by atoms with E-state index in [2.05, 4.69) is 15.3 Å². The van der Waals surface area contributed by atoms with E-state index in [9.17, 15) is 5.11 Å². The van der Waals surface area contributed by atoms with Crippen molar-refractivity contribution < 1.29 is 5.11 Å². The highest BCUT2D eigenvalue weighted by Crippen LogP contribution is 2.40. The van der Waals surface area contributed by atoms with Gasteiger partial charge in [-0.25, -0.2) is 4.98 Å².